The quantitative estimate of drug-likeness (QED) is 0.716. The van der Waals surface area contributed by atoms with Crippen molar-refractivity contribution in [3.63, 3.8) is 0 Å². The average Bonchev–Trinajstić information content (AvgIpc) is 2.58. The molecule has 2 N–H and O–H groups in total. The van der Waals surface area contributed by atoms with Gasteiger partial charge >= 0.3 is 0 Å². The fourth-order valence-electron chi connectivity index (χ4n) is 2.41. The number of aliphatic hydroxyl groups is 1. The Morgan fingerprint density at radius 2 is 2.18 bits per heavy atom. The summed E-state index contributed by atoms with van der Waals surface area (Å²) in [5.41, 5.74) is -0.148. The summed E-state index contributed by atoms with van der Waals surface area (Å²) in [6, 6.07) is -0.286. The molecule has 1 heterocycles. The highest BCUT2D eigenvalue weighted by Gasteiger charge is 2.39. The SMILES string of the molecule is C=C[C@@H]1C[C@@H](O)CN1C(=O)[C@@H](NC)C(C)(C)C. The third-order valence-corrected chi connectivity index (χ3v) is 3.28. The molecular formula is C13H24N2O2. The molecule has 1 amide bonds. The van der Waals surface area contributed by atoms with Crippen molar-refractivity contribution in [2.45, 2.75) is 45.4 Å². The number of amides is 1. The van der Waals surface area contributed by atoms with Crippen molar-refractivity contribution in [3.8, 4) is 0 Å². The number of nitrogens with one attached hydrogen (secondary N) is 1. The zero-order valence-corrected chi connectivity index (χ0v) is 11.2. The van der Waals surface area contributed by atoms with E-state index in [0.717, 1.165) is 0 Å². The number of likely N-dealkylation sites (N-methyl/N-ethyl adjacent to an activating group) is 1. The Morgan fingerprint density at radius 3 is 2.59 bits per heavy atom. The Bertz CT molecular complexity index is 296. The molecule has 0 spiro atoms. The van der Waals surface area contributed by atoms with E-state index in [1.54, 1.807) is 18.0 Å². The molecule has 98 valence electrons. The lowest BCUT2D eigenvalue weighted by Crippen LogP contribution is -2.53. The first-order valence-corrected chi connectivity index (χ1v) is 6.09. The molecule has 0 aliphatic carbocycles. The third-order valence-electron chi connectivity index (χ3n) is 3.28. The zero-order valence-electron chi connectivity index (χ0n) is 11.2. The monoisotopic (exact) mass is 240 g/mol. The predicted octanol–water partition coefficient (Wildman–Crippen LogP) is 0.768. The smallest absolute Gasteiger partial charge is 0.240 e. The van der Waals surface area contributed by atoms with Gasteiger partial charge in [0.05, 0.1) is 18.2 Å². The molecule has 1 aliphatic heterocycles. The largest absolute Gasteiger partial charge is 0.391 e. The van der Waals surface area contributed by atoms with E-state index in [2.05, 4.69) is 11.9 Å². The predicted molar refractivity (Wildman–Crippen MR) is 68.6 cm³/mol. The van der Waals surface area contributed by atoms with E-state index in [1.165, 1.54) is 0 Å². The van der Waals surface area contributed by atoms with Crippen LogP contribution in [0.3, 0.4) is 0 Å². The molecule has 0 aromatic carbocycles. The van der Waals surface area contributed by atoms with E-state index in [1.807, 2.05) is 20.8 Å². The van der Waals surface area contributed by atoms with Gasteiger partial charge in [0.25, 0.3) is 0 Å². The van der Waals surface area contributed by atoms with Gasteiger partial charge in [0.1, 0.15) is 0 Å². The molecule has 0 saturated carbocycles. The van der Waals surface area contributed by atoms with Crippen molar-refractivity contribution < 1.29 is 9.90 Å². The van der Waals surface area contributed by atoms with Crippen LogP contribution in [0.4, 0.5) is 0 Å². The van der Waals surface area contributed by atoms with Crippen molar-refractivity contribution in [3.05, 3.63) is 12.7 Å². The van der Waals surface area contributed by atoms with Crippen molar-refractivity contribution in [2.24, 2.45) is 5.41 Å². The van der Waals surface area contributed by atoms with Gasteiger partial charge in [0, 0.05) is 6.54 Å². The number of carbonyl (C=O) groups excluding carboxylic acids is 1. The zero-order chi connectivity index (χ0) is 13.2. The first-order chi connectivity index (χ1) is 7.81. The third kappa shape index (κ3) is 3.07. The van der Waals surface area contributed by atoms with E-state index in [-0.39, 0.29) is 23.4 Å². The normalized spacial score (nSPS) is 27.0. The molecule has 1 rings (SSSR count). The van der Waals surface area contributed by atoms with Gasteiger partial charge in [-0.05, 0) is 18.9 Å². The van der Waals surface area contributed by atoms with Crippen LogP contribution in [0.2, 0.25) is 0 Å². The van der Waals surface area contributed by atoms with Gasteiger partial charge in [0.15, 0.2) is 0 Å². The first kappa shape index (κ1) is 14.2. The fraction of sp³-hybridized carbons (Fsp3) is 0.769. The maximum atomic E-state index is 12.4. The first-order valence-electron chi connectivity index (χ1n) is 6.09. The summed E-state index contributed by atoms with van der Waals surface area (Å²) in [5, 5.41) is 12.7. The average molecular weight is 240 g/mol. The minimum atomic E-state index is -0.431. The highest BCUT2D eigenvalue weighted by molar-refractivity contribution is 5.83. The molecule has 1 saturated heterocycles. The van der Waals surface area contributed by atoms with E-state index in [0.29, 0.717) is 13.0 Å². The molecule has 1 fully saturated rings. The molecule has 0 aromatic heterocycles. The van der Waals surface area contributed by atoms with Crippen LogP contribution in [0, 0.1) is 5.41 Å². The summed E-state index contributed by atoms with van der Waals surface area (Å²) >= 11 is 0. The van der Waals surface area contributed by atoms with Gasteiger partial charge < -0.3 is 15.3 Å². The summed E-state index contributed by atoms with van der Waals surface area (Å²) in [5.74, 6) is 0.0430. The van der Waals surface area contributed by atoms with Crippen LogP contribution in [-0.2, 0) is 4.79 Å². The Kier molecular flexibility index (Phi) is 4.33. The van der Waals surface area contributed by atoms with E-state index < -0.39 is 6.10 Å². The van der Waals surface area contributed by atoms with Crippen molar-refractivity contribution in [2.75, 3.05) is 13.6 Å². The Morgan fingerprint density at radius 1 is 1.59 bits per heavy atom. The summed E-state index contributed by atoms with van der Waals surface area (Å²) in [6.45, 7) is 10.2. The second-order valence-corrected chi connectivity index (χ2v) is 5.77. The number of hydrogen-bond acceptors (Lipinski definition) is 3. The molecular weight excluding hydrogens is 216 g/mol. The number of rotatable bonds is 3. The van der Waals surface area contributed by atoms with E-state index >= 15 is 0 Å². The lowest BCUT2D eigenvalue weighted by atomic mass is 9.86. The number of β-amino-alcohol motifs (C(OH)–C–C–N with tert-alkyl or cyclic N) is 1. The summed E-state index contributed by atoms with van der Waals surface area (Å²) in [7, 11) is 1.79. The highest BCUT2D eigenvalue weighted by Crippen LogP contribution is 2.25. The number of aliphatic hydroxyl groups excluding tert-OH is 1. The van der Waals surface area contributed by atoms with Crippen molar-refractivity contribution in [1.82, 2.24) is 10.2 Å². The number of hydrogen-bond donors (Lipinski definition) is 2. The number of carbonyl (C=O) groups is 1. The maximum Gasteiger partial charge on any atom is 0.240 e. The van der Waals surface area contributed by atoms with Crippen LogP contribution in [-0.4, -0.2) is 47.7 Å². The molecule has 17 heavy (non-hydrogen) atoms. The summed E-state index contributed by atoms with van der Waals surface area (Å²) in [6.07, 6.45) is 1.90. The minimum absolute atomic E-state index is 0.0430. The molecule has 0 aromatic rings. The maximum absolute atomic E-state index is 12.4. The van der Waals surface area contributed by atoms with Gasteiger partial charge in [0.2, 0.25) is 5.91 Å². The lowest BCUT2D eigenvalue weighted by molar-refractivity contribution is -0.136. The summed E-state index contributed by atoms with van der Waals surface area (Å²) < 4.78 is 0. The minimum Gasteiger partial charge on any atom is -0.391 e. The molecule has 0 radical (unpaired) electrons. The van der Waals surface area contributed by atoms with Gasteiger partial charge in [-0.2, -0.15) is 0 Å². The molecule has 1 aliphatic rings. The Labute approximate surface area is 104 Å². The van der Waals surface area contributed by atoms with Crippen LogP contribution in [0.1, 0.15) is 27.2 Å². The van der Waals surface area contributed by atoms with Crippen LogP contribution in [0.5, 0.6) is 0 Å². The molecule has 4 nitrogen and oxygen atoms in total. The standard InChI is InChI=1S/C13H24N2O2/c1-6-9-7-10(16)8-15(9)12(17)11(14-5)13(2,3)4/h6,9-11,14,16H,1,7-8H2,2-5H3/t9-,10-,11-/m1/s1. The van der Waals surface area contributed by atoms with Crippen molar-refractivity contribution >= 4 is 5.91 Å². The second-order valence-electron chi connectivity index (χ2n) is 5.77. The summed E-state index contributed by atoms with van der Waals surface area (Å²) in [4.78, 5) is 14.2. The molecule has 4 heteroatoms. The molecule has 0 unspecified atom stereocenters. The van der Waals surface area contributed by atoms with Crippen LogP contribution in [0.25, 0.3) is 0 Å². The van der Waals surface area contributed by atoms with Gasteiger partial charge in [-0.15, -0.1) is 6.58 Å². The van der Waals surface area contributed by atoms with Crippen LogP contribution in [0.15, 0.2) is 12.7 Å². The van der Waals surface area contributed by atoms with Gasteiger partial charge in [-0.3, -0.25) is 4.79 Å². The Hall–Kier alpha value is -0.870. The van der Waals surface area contributed by atoms with Crippen molar-refractivity contribution in [1.29, 1.82) is 0 Å². The number of nitrogens with zero attached hydrogens (tertiary/aromatic N) is 1. The number of likely N-dealkylation sites (tertiary alicyclic amines) is 1. The molecule has 3 atom stereocenters. The molecule has 0 bridgehead atoms. The lowest BCUT2D eigenvalue weighted by Gasteiger charge is -2.34. The van der Waals surface area contributed by atoms with Gasteiger partial charge in [-0.1, -0.05) is 26.8 Å². The van der Waals surface area contributed by atoms with Gasteiger partial charge in [-0.25, -0.2) is 0 Å². The van der Waals surface area contributed by atoms with E-state index in [4.69, 9.17) is 0 Å². The van der Waals surface area contributed by atoms with E-state index in [9.17, 15) is 9.90 Å². The topological polar surface area (TPSA) is 52.6 Å². The fourth-order valence-corrected chi connectivity index (χ4v) is 2.41. The Balaban J connectivity index is 2.84. The van der Waals surface area contributed by atoms with Crippen LogP contribution >= 0.6 is 0 Å². The van der Waals surface area contributed by atoms with Crippen LogP contribution < -0.4 is 5.32 Å². The highest BCUT2D eigenvalue weighted by atomic mass is 16.3. The second kappa shape index (κ2) is 5.19.